The highest BCUT2D eigenvalue weighted by molar-refractivity contribution is 5.80. The van der Waals surface area contributed by atoms with E-state index in [-0.39, 0.29) is 11.8 Å². The maximum Gasteiger partial charge on any atom is 0.129 e. The number of fused-ring (bicyclic) bond motifs is 1. The SMILES string of the molecule is C=C(O)C(CCN(CCCCc1ccc2c(n1)NCCC2)CCOC)N=C(C)N/C=C(C)\C=C\CC. The molecule has 7 nitrogen and oxygen atoms in total. The molecule has 1 atom stereocenters. The molecule has 3 N–H and O–H groups in total. The van der Waals surface area contributed by atoms with Crippen LogP contribution in [0.25, 0.3) is 0 Å². The molecule has 1 aromatic rings. The summed E-state index contributed by atoms with van der Waals surface area (Å²) in [6, 6.07) is 4.07. The van der Waals surface area contributed by atoms with Gasteiger partial charge in [-0.2, -0.15) is 0 Å². The Morgan fingerprint density at radius 2 is 2.14 bits per heavy atom. The number of allylic oxidation sites excluding steroid dienone is 3. The predicted molar refractivity (Wildman–Crippen MR) is 152 cm³/mol. The van der Waals surface area contributed by atoms with E-state index in [9.17, 15) is 5.11 Å². The van der Waals surface area contributed by atoms with Gasteiger partial charge in [-0.25, -0.2) is 4.98 Å². The van der Waals surface area contributed by atoms with Crippen LogP contribution in [-0.2, 0) is 17.6 Å². The van der Waals surface area contributed by atoms with Crippen LogP contribution < -0.4 is 10.6 Å². The first-order valence-electron chi connectivity index (χ1n) is 13.4. The van der Waals surface area contributed by atoms with Crippen molar-refractivity contribution in [1.82, 2.24) is 15.2 Å². The Hall–Kier alpha value is -2.64. The van der Waals surface area contributed by atoms with Crippen LogP contribution in [0.2, 0.25) is 0 Å². The van der Waals surface area contributed by atoms with E-state index in [4.69, 9.17) is 9.72 Å². The monoisotopic (exact) mass is 497 g/mol. The van der Waals surface area contributed by atoms with E-state index in [0.717, 1.165) is 81.2 Å². The van der Waals surface area contributed by atoms with Gasteiger partial charge in [0.15, 0.2) is 0 Å². The van der Waals surface area contributed by atoms with Crippen LogP contribution in [0.5, 0.6) is 0 Å². The summed E-state index contributed by atoms with van der Waals surface area (Å²) in [6.45, 7) is 14.2. The molecular formula is C29H47N5O2. The molecule has 36 heavy (non-hydrogen) atoms. The lowest BCUT2D eigenvalue weighted by atomic mass is 10.1. The summed E-state index contributed by atoms with van der Waals surface area (Å²) in [5.74, 6) is 1.93. The number of unbranched alkanes of at least 4 members (excludes halogenated alkanes) is 1. The summed E-state index contributed by atoms with van der Waals surface area (Å²) in [5, 5.41) is 16.8. The van der Waals surface area contributed by atoms with Crippen molar-refractivity contribution in [2.24, 2.45) is 4.99 Å². The second-order valence-electron chi connectivity index (χ2n) is 9.49. The van der Waals surface area contributed by atoms with Crippen LogP contribution in [0.15, 0.2) is 53.4 Å². The molecule has 1 unspecified atom stereocenters. The van der Waals surface area contributed by atoms with Crippen molar-refractivity contribution in [2.75, 3.05) is 45.2 Å². The van der Waals surface area contributed by atoms with E-state index < -0.39 is 0 Å². The van der Waals surface area contributed by atoms with Gasteiger partial charge in [0.1, 0.15) is 17.6 Å². The van der Waals surface area contributed by atoms with E-state index in [2.05, 4.69) is 58.3 Å². The van der Waals surface area contributed by atoms with Crippen LogP contribution in [0.4, 0.5) is 5.82 Å². The number of aromatic nitrogens is 1. The lowest BCUT2D eigenvalue weighted by Crippen LogP contribution is -2.32. The Kier molecular flexibility index (Phi) is 13.9. The summed E-state index contributed by atoms with van der Waals surface area (Å²) >= 11 is 0. The van der Waals surface area contributed by atoms with Gasteiger partial charge in [0.25, 0.3) is 0 Å². The molecule has 0 spiro atoms. The molecule has 0 saturated carbocycles. The molecular weight excluding hydrogens is 450 g/mol. The standard InChI is InChI=1S/C29H47N5O2/c1-6-7-11-23(2)22-31-25(4)32-28(24(3)35)16-19-34(20-21-36-5)18-9-8-13-27-15-14-26-12-10-17-30-29(26)33-27/h7,11,14-15,22,28,35H,3,6,8-10,12-13,16-21H2,1-2,4-5H3,(H,30,33)(H,31,32)/b11-7+,23-22-. The number of ether oxygens (including phenoxy) is 1. The van der Waals surface area contributed by atoms with Crippen molar-refractivity contribution in [2.45, 2.75) is 71.8 Å². The average molecular weight is 498 g/mol. The van der Waals surface area contributed by atoms with Crippen molar-refractivity contribution >= 4 is 11.7 Å². The molecule has 2 rings (SSSR count). The van der Waals surface area contributed by atoms with Gasteiger partial charge >= 0.3 is 0 Å². The van der Waals surface area contributed by atoms with E-state index in [0.29, 0.717) is 13.0 Å². The lowest BCUT2D eigenvalue weighted by molar-refractivity contribution is 0.144. The minimum absolute atomic E-state index is 0.0986. The maximum atomic E-state index is 10.2. The molecule has 0 aromatic carbocycles. The third-order valence-electron chi connectivity index (χ3n) is 6.30. The fourth-order valence-corrected chi connectivity index (χ4v) is 4.16. The number of amidine groups is 1. The van der Waals surface area contributed by atoms with Gasteiger partial charge in [0.2, 0.25) is 0 Å². The Morgan fingerprint density at radius 1 is 1.31 bits per heavy atom. The highest BCUT2D eigenvalue weighted by atomic mass is 16.5. The van der Waals surface area contributed by atoms with E-state index in [1.807, 2.05) is 20.0 Å². The summed E-state index contributed by atoms with van der Waals surface area (Å²) in [6.07, 6.45) is 13.3. The quantitative estimate of drug-likeness (QED) is 0.0930. The summed E-state index contributed by atoms with van der Waals surface area (Å²) in [4.78, 5) is 11.9. The number of aliphatic hydroxyl groups excluding tert-OH is 1. The highest BCUT2D eigenvalue weighted by Crippen LogP contribution is 2.20. The van der Waals surface area contributed by atoms with Crippen molar-refractivity contribution in [3.8, 4) is 0 Å². The Bertz CT molecular complexity index is 894. The summed E-state index contributed by atoms with van der Waals surface area (Å²) < 4.78 is 5.33. The Morgan fingerprint density at radius 3 is 2.89 bits per heavy atom. The van der Waals surface area contributed by atoms with Gasteiger partial charge in [0, 0.05) is 38.6 Å². The fraction of sp³-hybridized carbons (Fsp3) is 0.586. The number of hydrogen-bond acceptors (Lipinski definition) is 6. The van der Waals surface area contributed by atoms with Crippen molar-refractivity contribution in [3.63, 3.8) is 0 Å². The van der Waals surface area contributed by atoms with Gasteiger partial charge in [-0.05, 0) is 82.5 Å². The van der Waals surface area contributed by atoms with Crippen molar-refractivity contribution in [3.05, 3.63) is 59.7 Å². The number of nitrogens with zero attached hydrogens (tertiary/aromatic N) is 3. The molecule has 7 heteroatoms. The third kappa shape index (κ3) is 11.4. The summed E-state index contributed by atoms with van der Waals surface area (Å²) in [7, 11) is 1.73. The zero-order valence-electron chi connectivity index (χ0n) is 22.9. The normalized spacial score (nSPS) is 15.1. The lowest BCUT2D eigenvalue weighted by Gasteiger charge is -2.24. The van der Waals surface area contributed by atoms with E-state index >= 15 is 0 Å². The zero-order valence-corrected chi connectivity index (χ0v) is 22.9. The number of aryl methyl sites for hydroxylation is 2. The number of pyridine rings is 1. The van der Waals surface area contributed by atoms with Crippen LogP contribution in [0.3, 0.4) is 0 Å². The van der Waals surface area contributed by atoms with Crippen molar-refractivity contribution < 1.29 is 9.84 Å². The topological polar surface area (TPSA) is 82.0 Å². The molecule has 0 aliphatic carbocycles. The predicted octanol–water partition coefficient (Wildman–Crippen LogP) is 5.42. The number of methoxy groups -OCH3 is 1. The fourth-order valence-electron chi connectivity index (χ4n) is 4.16. The zero-order chi connectivity index (χ0) is 26.2. The van der Waals surface area contributed by atoms with Crippen LogP contribution in [0, 0.1) is 0 Å². The van der Waals surface area contributed by atoms with Crippen LogP contribution >= 0.6 is 0 Å². The molecule has 2 heterocycles. The minimum atomic E-state index is -0.338. The molecule has 0 saturated heterocycles. The molecule has 0 bridgehead atoms. The average Bonchev–Trinajstić information content (AvgIpc) is 2.88. The van der Waals surface area contributed by atoms with Gasteiger partial charge in [0.05, 0.1) is 12.4 Å². The molecule has 0 amide bonds. The van der Waals surface area contributed by atoms with Gasteiger partial charge in [-0.1, -0.05) is 31.7 Å². The number of aliphatic hydroxyl groups is 1. The molecule has 0 fully saturated rings. The molecule has 0 radical (unpaired) electrons. The van der Waals surface area contributed by atoms with E-state index in [1.165, 1.54) is 12.0 Å². The molecule has 200 valence electrons. The first kappa shape index (κ1) is 29.6. The number of anilines is 1. The summed E-state index contributed by atoms with van der Waals surface area (Å²) in [5.41, 5.74) is 3.62. The second kappa shape index (κ2) is 16.9. The first-order valence-corrected chi connectivity index (χ1v) is 13.4. The maximum absolute atomic E-state index is 10.2. The van der Waals surface area contributed by atoms with Crippen LogP contribution in [-0.4, -0.2) is 66.8 Å². The molecule has 1 aromatic heterocycles. The number of rotatable bonds is 16. The minimum Gasteiger partial charge on any atom is -0.511 e. The van der Waals surface area contributed by atoms with Crippen molar-refractivity contribution in [1.29, 1.82) is 0 Å². The molecule has 1 aliphatic heterocycles. The Labute approximate surface area is 218 Å². The van der Waals surface area contributed by atoms with Gasteiger partial charge in [-0.3, -0.25) is 4.99 Å². The number of aliphatic imine (C=N–C) groups is 1. The largest absolute Gasteiger partial charge is 0.511 e. The van der Waals surface area contributed by atoms with Gasteiger partial charge < -0.3 is 25.4 Å². The second-order valence-corrected chi connectivity index (χ2v) is 9.49. The first-order chi connectivity index (χ1) is 17.4. The van der Waals surface area contributed by atoms with E-state index in [1.54, 1.807) is 7.11 Å². The molecule has 1 aliphatic rings. The number of hydrogen-bond donors (Lipinski definition) is 3. The van der Waals surface area contributed by atoms with Gasteiger partial charge in [-0.15, -0.1) is 0 Å². The Balaban J connectivity index is 1.84. The highest BCUT2D eigenvalue weighted by Gasteiger charge is 2.14. The van der Waals surface area contributed by atoms with Crippen LogP contribution in [0.1, 0.15) is 64.1 Å². The smallest absolute Gasteiger partial charge is 0.129 e. The number of nitrogens with one attached hydrogen (secondary N) is 2. The third-order valence-corrected chi connectivity index (χ3v) is 6.30.